The molecule has 0 saturated carbocycles. The molecule has 0 aliphatic carbocycles. The smallest absolute Gasteiger partial charge is 0.433 e. The summed E-state index contributed by atoms with van der Waals surface area (Å²) in [6.45, 7) is 5.28. The molecule has 0 aliphatic rings. The van der Waals surface area contributed by atoms with Crippen molar-refractivity contribution < 1.29 is 9.53 Å². The number of aromatic amines is 1. The van der Waals surface area contributed by atoms with Crippen molar-refractivity contribution in [1.29, 1.82) is 0 Å². The van der Waals surface area contributed by atoms with E-state index in [1.165, 1.54) is 6.20 Å². The number of hydrogen-bond acceptors (Lipinski definition) is 3. The fraction of sp³-hybridized carbons (Fsp3) is 0.500. The second-order valence-electron chi connectivity index (χ2n) is 3.77. The van der Waals surface area contributed by atoms with Gasteiger partial charge in [0.2, 0.25) is 0 Å². The van der Waals surface area contributed by atoms with Gasteiger partial charge in [0.15, 0.2) is 0 Å². The highest BCUT2D eigenvalue weighted by molar-refractivity contribution is 14.1. The number of nitrogens with zero attached hydrogens (tertiary/aromatic N) is 1. The molecular formula is C8H11IN2O3. The Hall–Kier alpha value is -0.790. The molecule has 0 amide bonds. The SMILES string of the molecule is CC(C)(C)OC(=O)n1cc(I)c(=O)[nH]1. The Morgan fingerprint density at radius 3 is 2.50 bits per heavy atom. The van der Waals surface area contributed by atoms with E-state index in [0.717, 1.165) is 4.68 Å². The topological polar surface area (TPSA) is 64.1 Å². The molecule has 6 heteroatoms. The van der Waals surface area contributed by atoms with Gasteiger partial charge in [-0.25, -0.2) is 4.79 Å². The summed E-state index contributed by atoms with van der Waals surface area (Å²) in [5.74, 6) is 0. The Bertz CT molecular complexity index is 399. The van der Waals surface area contributed by atoms with Crippen LogP contribution in [-0.4, -0.2) is 21.5 Å². The van der Waals surface area contributed by atoms with Crippen molar-refractivity contribution in [3.8, 4) is 0 Å². The highest BCUT2D eigenvalue weighted by atomic mass is 127. The van der Waals surface area contributed by atoms with Crippen molar-refractivity contribution in [3.05, 3.63) is 20.1 Å². The maximum Gasteiger partial charge on any atom is 0.433 e. The Labute approximate surface area is 94.6 Å². The van der Waals surface area contributed by atoms with E-state index in [9.17, 15) is 9.59 Å². The summed E-state index contributed by atoms with van der Waals surface area (Å²) >= 11 is 1.84. The zero-order valence-corrected chi connectivity index (χ0v) is 10.3. The van der Waals surface area contributed by atoms with Gasteiger partial charge in [-0.2, -0.15) is 4.68 Å². The number of rotatable bonds is 0. The maximum absolute atomic E-state index is 11.4. The third-order valence-electron chi connectivity index (χ3n) is 1.27. The third kappa shape index (κ3) is 2.86. The molecule has 0 fully saturated rings. The molecule has 5 nitrogen and oxygen atoms in total. The molecule has 1 N–H and O–H groups in total. The molecule has 0 bridgehead atoms. The number of halogens is 1. The van der Waals surface area contributed by atoms with Crippen molar-refractivity contribution in [2.75, 3.05) is 0 Å². The number of H-pyrrole nitrogens is 1. The molecule has 0 aliphatic heterocycles. The first-order valence-corrected chi connectivity index (χ1v) is 5.08. The van der Waals surface area contributed by atoms with Gasteiger partial charge >= 0.3 is 6.09 Å². The summed E-state index contributed by atoms with van der Waals surface area (Å²) in [6, 6.07) is 0. The molecule has 1 aromatic rings. The Morgan fingerprint density at radius 1 is 1.57 bits per heavy atom. The van der Waals surface area contributed by atoms with Crippen LogP contribution in [-0.2, 0) is 4.74 Å². The van der Waals surface area contributed by atoms with Crippen molar-refractivity contribution in [2.45, 2.75) is 26.4 Å². The van der Waals surface area contributed by atoms with Crippen molar-refractivity contribution >= 4 is 28.7 Å². The van der Waals surface area contributed by atoms with Crippen LogP contribution in [0.1, 0.15) is 20.8 Å². The van der Waals surface area contributed by atoms with Crippen LogP contribution in [0.4, 0.5) is 4.79 Å². The van der Waals surface area contributed by atoms with Crippen LogP contribution >= 0.6 is 22.6 Å². The number of carbonyl (C=O) groups is 1. The van der Waals surface area contributed by atoms with Crippen LogP contribution in [0.25, 0.3) is 0 Å². The van der Waals surface area contributed by atoms with Gasteiger partial charge in [-0.05, 0) is 43.4 Å². The van der Waals surface area contributed by atoms with E-state index in [4.69, 9.17) is 4.74 Å². The monoisotopic (exact) mass is 310 g/mol. The third-order valence-corrected chi connectivity index (χ3v) is 2.04. The molecule has 1 heterocycles. The van der Waals surface area contributed by atoms with Crippen LogP contribution in [0.15, 0.2) is 11.0 Å². The van der Waals surface area contributed by atoms with Gasteiger partial charge in [0, 0.05) is 0 Å². The summed E-state index contributed by atoms with van der Waals surface area (Å²) in [7, 11) is 0. The van der Waals surface area contributed by atoms with Crippen LogP contribution < -0.4 is 5.56 Å². The van der Waals surface area contributed by atoms with Gasteiger partial charge in [0.05, 0.1) is 9.77 Å². The lowest BCUT2D eigenvalue weighted by Crippen LogP contribution is -2.28. The van der Waals surface area contributed by atoms with Crippen molar-refractivity contribution in [3.63, 3.8) is 0 Å². The van der Waals surface area contributed by atoms with E-state index in [2.05, 4.69) is 5.10 Å². The first kappa shape index (κ1) is 11.3. The zero-order valence-electron chi connectivity index (χ0n) is 8.13. The standard InChI is InChI=1S/C8H11IN2O3/c1-8(2,3)14-7(13)11-4-5(9)6(12)10-11/h4H,1-3H3,(H,10,12). The molecule has 1 aromatic heterocycles. The highest BCUT2D eigenvalue weighted by Gasteiger charge is 2.18. The van der Waals surface area contributed by atoms with Gasteiger partial charge < -0.3 is 4.74 Å². The zero-order chi connectivity index (χ0) is 10.9. The van der Waals surface area contributed by atoms with E-state index in [1.807, 2.05) is 22.6 Å². The molecule has 0 radical (unpaired) electrons. The quantitative estimate of drug-likeness (QED) is 0.740. The summed E-state index contributed by atoms with van der Waals surface area (Å²) in [6.07, 6.45) is 0.814. The first-order chi connectivity index (χ1) is 6.29. The number of aromatic nitrogens is 2. The Morgan fingerprint density at radius 2 is 2.14 bits per heavy atom. The molecule has 0 unspecified atom stereocenters. The second-order valence-corrected chi connectivity index (χ2v) is 4.93. The van der Waals surface area contributed by atoms with Crippen LogP contribution in [0.5, 0.6) is 0 Å². The van der Waals surface area contributed by atoms with Gasteiger partial charge in [-0.1, -0.05) is 0 Å². The summed E-state index contributed by atoms with van der Waals surface area (Å²) in [5.41, 5.74) is -0.861. The van der Waals surface area contributed by atoms with Gasteiger partial charge in [0.25, 0.3) is 5.56 Å². The molecule has 0 aromatic carbocycles. The average Bonchev–Trinajstić information content (AvgIpc) is 2.28. The van der Waals surface area contributed by atoms with Crippen LogP contribution in [0.3, 0.4) is 0 Å². The first-order valence-electron chi connectivity index (χ1n) is 4.00. The van der Waals surface area contributed by atoms with E-state index in [0.29, 0.717) is 3.57 Å². The second kappa shape index (κ2) is 3.76. The number of nitrogens with one attached hydrogen (secondary N) is 1. The van der Waals surface area contributed by atoms with Crippen molar-refractivity contribution in [2.24, 2.45) is 0 Å². The predicted octanol–water partition coefficient (Wildman–Crippen LogP) is 1.56. The minimum atomic E-state index is -0.586. The normalized spacial score (nSPS) is 11.4. The number of hydrogen-bond donors (Lipinski definition) is 1. The summed E-state index contributed by atoms with van der Waals surface area (Å²) in [4.78, 5) is 22.4. The molecule has 0 saturated heterocycles. The highest BCUT2D eigenvalue weighted by Crippen LogP contribution is 2.08. The molecule has 1 rings (SSSR count). The Kier molecular flexibility index (Phi) is 3.03. The van der Waals surface area contributed by atoms with Crippen molar-refractivity contribution in [1.82, 2.24) is 9.78 Å². The van der Waals surface area contributed by atoms with Crippen LogP contribution in [0.2, 0.25) is 0 Å². The predicted molar refractivity (Wildman–Crippen MR) is 59.4 cm³/mol. The number of carbonyl (C=O) groups excluding carboxylic acids is 1. The molecule has 0 atom stereocenters. The minimum Gasteiger partial charge on any atom is -0.442 e. The van der Waals surface area contributed by atoms with Crippen LogP contribution in [0, 0.1) is 3.57 Å². The van der Waals surface area contributed by atoms with E-state index >= 15 is 0 Å². The molecule has 14 heavy (non-hydrogen) atoms. The average molecular weight is 310 g/mol. The fourth-order valence-corrected chi connectivity index (χ4v) is 1.18. The largest absolute Gasteiger partial charge is 0.442 e. The van der Waals surface area contributed by atoms with E-state index in [-0.39, 0.29) is 5.56 Å². The van der Waals surface area contributed by atoms with E-state index in [1.54, 1.807) is 20.8 Å². The minimum absolute atomic E-state index is 0.295. The molecule has 0 spiro atoms. The maximum atomic E-state index is 11.4. The van der Waals surface area contributed by atoms with Gasteiger partial charge in [0.1, 0.15) is 5.60 Å². The van der Waals surface area contributed by atoms with Gasteiger partial charge in [-0.3, -0.25) is 9.89 Å². The molecule has 78 valence electrons. The summed E-state index contributed by atoms with van der Waals surface area (Å²) in [5, 5.41) is 2.35. The molecular weight excluding hydrogens is 299 g/mol. The van der Waals surface area contributed by atoms with E-state index < -0.39 is 11.7 Å². The number of ether oxygens (including phenoxy) is 1. The van der Waals surface area contributed by atoms with Gasteiger partial charge in [-0.15, -0.1) is 0 Å². The Balaban J connectivity index is 2.86. The lowest BCUT2D eigenvalue weighted by atomic mass is 10.2. The fourth-order valence-electron chi connectivity index (χ4n) is 0.777. The lowest BCUT2D eigenvalue weighted by Gasteiger charge is -2.18. The lowest BCUT2D eigenvalue weighted by molar-refractivity contribution is 0.0513. The summed E-state index contributed by atoms with van der Waals surface area (Å²) < 4.78 is 6.53.